The molecule has 27 heavy (non-hydrogen) atoms. The number of amides is 1. The third-order valence-corrected chi connectivity index (χ3v) is 4.42. The molecule has 0 saturated heterocycles. The van der Waals surface area contributed by atoms with E-state index in [0.29, 0.717) is 11.1 Å². The van der Waals surface area contributed by atoms with Crippen molar-refractivity contribution in [2.75, 3.05) is 7.11 Å². The van der Waals surface area contributed by atoms with E-state index in [9.17, 15) is 14.4 Å². The van der Waals surface area contributed by atoms with Gasteiger partial charge in [-0.05, 0) is 32.0 Å². The van der Waals surface area contributed by atoms with Gasteiger partial charge in [-0.2, -0.15) is 0 Å². The van der Waals surface area contributed by atoms with Gasteiger partial charge in [0.15, 0.2) is 0 Å². The molecule has 3 rings (SSSR count). The first-order valence-electron chi connectivity index (χ1n) is 8.50. The molecular weight excluding hydrogens is 346 g/mol. The molecule has 7 nitrogen and oxygen atoms in total. The standard InChI is InChI=1S/C20H21N3O4/c1-20(2,15-10-6-7-11-16(15)27-3)21-17(24)12-23-19(26)14-9-5-4-8-13(14)18(25)22-23/h4-11H,12H2,1-3H3,(H,21,24)(H,22,25). The van der Waals surface area contributed by atoms with Gasteiger partial charge in [-0.1, -0.05) is 30.3 Å². The summed E-state index contributed by atoms with van der Waals surface area (Å²) in [5, 5.41) is 5.93. The van der Waals surface area contributed by atoms with Crippen LogP contribution in [0.25, 0.3) is 10.8 Å². The third-order valence-electron chi connectivity index (χ3n) is 4.42. The zero-order chi connectivity index (χ0) is 19.6. The fourth-order valence-corrected chi connectivity index (χ4v) is 3.12. The molecule has 0 aliphatic heterocycles. The first kappa shape index (κ1) is 18.4. The van der Waals surface area contributed by atoms with Crippen molar-refractivity contribution in [2.45, 2.75) is 25.9 Å². The molecular formula is C20H21N3O4. The number of nitrogens with zero attached hydrogens (tertiary/aromatic N) is 1. The lowest BCUT2D eigenvalue weighted by molar-refractivity contribution is -0.123. The Balaban J connectivity index is 1.88. The highest BCUT2D eigenvalue weighted by atomic mass is 16.5. The van der Waals surface area contributed by atoms with E-state index < -0.39 is 22.6 Å². The molecule has 0 spiro atoms. The molecule has 1 amide bonds. The second kappa shape index (κ2) is 7.11. The van der Waals surface area contributed by atoms with E-state index in [0.717, 1.165) is 10.2 Å². The van der Waals surface area contributed by atoms with E-state index in [1.807, 2.05) is 38.1 Å². The van der Waals surface area contributed by atoms with Gasteiger partial charge in [0.2, 0.25) is 5.91 Å². The van der Waals surface area contributed by atoms with Crippen molar-refractivity contribution < 1.29 is 9.53 Å². The largest absolute Gasteiger partial charge is 0.496 e. The van der Waals surface area contributed by atoms with Crippen molar-refractivity contribution in [3.8, 4) is 5.75 Å². The number of nitrogens with one attached hydrogen (secondary N) is 2. The lowest BCUT2D eigenvalue weighted by Crippen LogP contribution is -2.44. The Morgan fingerprint density at radius 2 is 1.70 bits per heavy atom. The molecule has 0 fully saturated rings. The number of fused-ring (bicyclic) bond motifs is 1. The summed E-state index contributed by atoms with van der Waals surface area (Å²) in [6.07, 6.45) is 0. The van der Waals surface area contributed by atoms with Gasteiger partial charge in [0, 0.05) is 5.56 Å². The molecule has 0 aliphatic carbocycles. The lowest BCUT2D eigenvalue weighted by atomic mass is 9.93. The number of carbonyl (C=O) groups is 1. The number of aromatic nitrogens is 2. The number of methoxy groups -OCH3 is 1. The summed E-state index contributed by atoms with van der Waals surface area (Å²) in [6.45, 7) is 3.39. The predicted octanol–water partition coefficient (Wildman–Crippen LogP) is 1.75. The molecule has 0 bridgehead atoms. The highest BCUT2D eigenvalue weighted by Crippen LogP contribution is 2.29. The van der Waals surface area contributed by atoms with Crippen molar-refractivity contribution >= 4 is 16.7 Å². The summed E-state index contributed by atoms with van der Waals surface area (Å²) in [5.74, 6) is 0.248. The van der Waals surface area contributed by atoms with Crippen LogP contribution in [0, 0.1) is 0 Å². The van der Waals surface area contributed by atoms with Crippen molar-refractivity contribution in [3.63, 3.8) is 0 Å². The van der Waals surface area contributed by atoms with Gasteiger partial charge in [0.25, 0.3) is 11.1 Å². The number of hydrogen-bond donors (Lipinski definition) is 2. The number of benzene rings is 2. The monoisotopic (exact) mass is 367 g/mol. The molecule has 7 heteroatoms. The van der Waals surface area contributed by atoms with Gasteiger partial charge in [-0.3, -0.25) is 19.5 Å². The Hall–Kier alpha value is -3.35. The fourth-order valence-electron chi connectivity index (χ4n) is 3.12. The Kier molecular flexibility index (Phi) is 4.85. The topological polar surface area (TPSA) is 93.2 Å². The van der Waals surface area contributed by atoms with Gasteiger partial charge in [0.1, 0.15) is 12.3 Å². The van der Waals surface area contributed by atoms with Crippen LogP contribution in [0.5, 0.6) is 5.75 Å². The number of carbonyl (C=O) groups excluding carboxylic acids is 1. The van der Waals surface area contributed by atoms with E-state index in [4.69, 9.17) is 4.74 Å². The number of hydrogen-bond acceptors (Lipinski definition) is 4. The quantitative estimate of drug-likeness (QED) is 0.718. The minimum atomic E-state index is -0.732. The van der Waals surface area contributed by atoms with Crippen LogP contribution in [0.2, 0.25) is 0 Å². The minimum Gasteiger partial charge on any atom is -0.496 e. The van der Waals surface area contributed by atoms with Crippen LogP contribution in [0.1, 0.15) is 19.4 Å². The van der Waals surface area contributed by atoms with Crippen LogP contribution in [0.4, 0.5) is 0 Å². The lowest BCUT2D eigenvalue weighted by Gasteiger charge is -2.28. The molecule has 140 valence electrons. The maximum atomic E-state index is 12.6. The van der Waals surface area contributed by atoms with Crippen LogP contribution in [-0.2, 0) is 16.9 Å². The average molecular weight is 367 g/mol. The van der Waals surface area contributed by atoms with Gasteiger partial charge in [-0.15, -0.1) is 0 Å². The van der Waals surface area contributed by atoms with Gasteiger partial charge < -0.3 is 10.1 Å². The molecule has 0 saturated carbocycles. The number of rotatable bonds is 5. The minimum absolute atomic E-state index is 0.276. The summed E-state index contributed by atoms with van der Waals surface area (Å²) < 4.78 is 6.39. The highest BCUT2D eigenvalue weighted by molar-refractivity contribution is 5.81. The highest BCUT2D eigenvalue weighted by Gasteiger charge is 2.26. The van der Waals surface area contributed by atoms with Crippen molar-refractivity contribution in [2.24, 2.45) is 0 Å². The predicted molar refractivity (Wildman–Crippen MR) is 103 cm³/mol. The number of H-pyrrole nitrogens is 1. The summed E-state index contributed by atoms with van der Waals surface area (Å²) in [5.41, 5.74) is -0.762. The van der Waals surface area contributed by atoms with Crippen LogP contribution in [0.15, 0.2) is 58.1 Å². The first-order valence-corrected chi connectivity index (χ1v) is 8.50. The summed E-state index contributed by atoms with van der Waals surface area (Å²) >= 11 is 0. The summed E-state index contributed by atoms with van der Waals surface area (Å²) in [4.78, 5) is 37.3. The second-order valence-electron chi connectivity index (χ2n) is 6.75. The molecule has 1 aromatic heterocycles. The maximum absolute atomic E-state index is 12.6. The van der Waals surface area contributed by atoms with Crippen molar-refractivity contribution in [3.05, 3.63) is 74.8 Å². The second-order valence-corrected chi connectivity index (χ2v) is 6.75. The zero-order valence-electron chi connectivity index (χ0n) is 15.4. The van der Waals surface area contributed by atoms with Crippen LogP contribution in [0.3, 0.4) is 0 Å². The Morgan fingerprint density at radius 1 is 1.07 bits per heavy atom. The number of para-hydroxylation sites is 1. The normalized spacial score (nSPS) is 11.4. The van der Waals surface area contributed by atoms with Gasteiger partial charge >= 0.3 is 0 Å². The molecule has 0 atom stereocenters. The molecule has 0 radical (unpaired) electrons. The van der Waals surface area contributed by atoms with Crippen molar-refractivity contribution in [1.82, 2.24) is 15.1 Å². The summed E-state index contributed by atoms with van der Waals surface area (Å²) in [7, 11) is 1.57. The smallest absolute Gasteiger partial charge is 0.273 e. The van der Waals surface area contributed by atoms with Crippen LogP contribution in [-0.4, -0.2) is 22.8 Å². The molecule has 3 aromatic rings. The first-order chi connectivity index (χ1) is 12.8. The SMILES string of the molecule is COc1ccccc1C(C)(C)NC(=O)Cn1[nH]c(=O)c2ccccc2c1=O. The van der Waals surface area contributed by atoms with E-state index in [1.54, 1.807) is 31.4 Å². The van der Waals surface area contributed by atoms with Crippen molar-refractivity contribution in [1.29, 1.82) is 0 Å². The maximum Gasteiger partial charge on any atom is 0.273 e. The van der Waals surface area contributed by atoms with E-state index in [-0.39, 0.29) is 11.9 Å². The summed E-state index contributed by atoms with van der Waals surface area (Å²) in [6, 6.07) is 13.9. The molecule has 2 aromatic carbocycles. The fraction of sp³-hybridized carbons (Fsp3) is 0.250. The third kappa shape index (κ3) is 3.62. The average Bonchev–Trinajstić information content (AvgIpc) is 2.65. The molecule has 2 N–H and O–H groups in total. The van der Waals surface area contributed by atoms with E-state index in [2.05, 4.69) is 10.4 Å². The van der Waals surface area contributed by atoms with E-state index in [1.165, 1.54) is 0 Å². The Bertz CT molecular complexity index is 1110. The Morgan fingerprint density at radius 3 is 2.41 bits per heavy atom. The molecule has 1 heterocycles. The molecule has 0 aliphatic rings. The van der Waals surface area contributed by atoms with E-state index >= 15 is 0 Å². The zero-order valence-corrected chi connectivity index (χ0v) is 15.4. The number of aromatic amines is 1. The molecule has 0 unspecified atom stereocenters. The van der Waals surface area contributed by atoms with Gasteiger partial charge in [0.05, 0.1) is 23.4 Å². The van der Waals surface area contributed by atoms with Crippen LogP contribution < -0.4 is 21.2 Å². The van der Waals surface area contributed by atoms with Gasteiger partial charge in [-0.25, -0.2) is 4.68 Å². The Labute approximate surface area is 155 Å². The van der Waals surface area contributed by atoms with Crippen LogP contribution >= 0.6 is 0 Å². The number of ether oxygens (including phenoxy) is 1.